The predicted octanol–water partition coefficient (Wildman–Crippen LogP) is 2.33. The lowest BCUT2D eigenvalue weighted by molar-refractivity contribution is -0.120. The predicted molar refractivity (Wildman–Crippen MR) is 101 cm³/mol. The second-order valence-electron chi connectivity index (χ2n) is 6.42. The van der Waals surface area contributed by atoms with Crippen LogP contribution < -0.4 is 11.0 Å². The number of carbonyl (C=O) groups excluding carboxylic acids is 1. The van der Waals surface area contributed by atoms with Crippen LogP contribution in [0.2, 0.25) is 0 Å². The molecule has 6 nitrogen and oxygen atoms in total. The summed E-state index contributed by atoms with van der Waals surface area (Å²) in [7, 11) is 0. The number of thiophene rings is 1. The highest BCUT2D eigenvalue weighted by Gasteiger charge is 2.31. The van der Waals surface area contributed by atoms with Crippen LogP contribution in [0.1, 0.15) is 29.5 Å². The minimum absolute atomic E-state index is 0.0367. The number of nitrogens with one attached hydrogen (secondary N) is 1. The van der Waals surface area contributed by atoms with Gasteiger partial charge in [-0.05, 0) is 36.4 Å². The van der Waals surface area contributed by atoms with Gasteiger partial charge in [0, 0.05) is 17.3 Å². The number of carbonyl (C=O) groups is 1. The standard InChI is InChI=1S/C19H20N4O2S/c24-17(13-16-7-4-12-26-16)20-10-11-22-19(25)23(15-5-2-1-3-6-15)18(21-22)14-8-9-14/h1-7,12,14H,8-11,13H2,(H,20,24). The molecule has 1 aliphatic rings. The molecular weight excluding hydrogens is 348 g/mol. The van der Waals surface area contributed by atoms with Gasteiger partial charge in [0.2, 0.25) is 5.91 Å². The van der Waals surface area contributed by atoms with E-state index < -0.39 is 0 Å². The first kappa shape index (κ1) is 16.8. The molecule has 26 heavy (non-hydrogen) atoms. The lowest BCUT2D eigenvalue weighted by Gasteiger charge is -2.04. The fourth-order valence-electron chi connectivity index (χ4n) is 2.93. The molecule has 0 radical (unpaired) electrons. The maximum Gasteiger partial charge on any atom is 0.350 e. The number of benzene rings is 1. The highest BCUT2D eigenvalue weighted by Crippen LogP contribution is 2.39. The van der Waals surface area contributed by atoms with Gasteiger partial charge in [-0.1, -0.05) is 24.3 Å². The molecule has 1 saturated carbocycles. The molecule has 1 aliphatic carbocycles. The van der Waals surface area contributed by atoms with Crippen LogP contribution in [-0.2, 0) is 17.8 Å². The van der Waals surface area contributed by atoms with Gasteiger partial charge in [-0.2, -0.15) is 5.10 Å². The second-order valence-corrected chi connectivity index (χ2v) is 7.45. The second kappa shape index (κ2) is 7.29. The third-order valence-electron chi connectivity index (χ3n) is 4.38. The van der Waals surface area contributed by atoms with Crippen LogP contribution in [0.5, 0.6) is 0 Å². The van der Waals surface area contributed by atoms with E-state index in [-0.39, 0.29) is 11.6 Å². The van der Waals surface area contributed by atoms with E-state index in [1.165, 1.54) is 4.68 Å². The molecule has 1 N–H and O–H groups in total. The van der Waals surface area contributed by atoms with Crippen LogP contribution >= 0.6 is 11.3 Å². The van der Waals surface area contributed by atoms with E-state index in [9.17, 15) is 9.59 Å². The zero-order valence-corrected chi connectivity index (χ0v) is 15.1. The van der Waals surface area contributed by atoms with Crippen LogP contribution in [0.25, 0.3) is 5.69 Å². The first-order valence-corrected chi connectivity index (χ1v) is 9.64. The van der Waals surface area contributed by atoms with E-state index >= 15 is 0 Å². The number of nitrogens with zero attached hydrogens (tertiary/aromatic N) is 3. The summed E-state index contributed by atoms with van der Waals surface area (Å²) in [6.07, 6.45) is 2.51. The molecule has 0 aliphatic heterocycles. The topological polar surface area (TPSA) is 68.9 Å². The van der Waals surface area contributed by atoms with Crippen LogP contribution in [0, 0.1) is 0 Å². The molecule has 0 spiro atoms. The summed E-state index contributed by atoms with van der Waals surface area (Å²) in [5.74, 6) is 1.15. The summed E-state index contributed by atoms with van der Waals surface area (Å²) in [5.41, 5.74) is 0.693. The number of rotatable bonds is 7. The van der Waals surface area contributed by atoms with Gasteiger partial charge < -0.3 is 5.32 Å². The summed E-state index contributed by atoms with van der Waals surface area (Å²) in [4.78, 5) is 25.8. The molecule has 134 valence electrons. The quantitative estimate of drug-likeness (QED) is 0.696. The van der Waals surface area contributed by atoms with Gasteiger partial charge in [0.15, 0.2) is 0 Å². The highest BCUT2D eigenvalue weighted by atomic mass is 32.1. The number of aromatic nitrogens is 3. The van der Waals surface area contributed by atoms with Crippen molar-refractivity contribution in [3.63, 3.8) is 0 Å². The van der Waals surface area contributed by atoms with Crippen LogP contribution in [0.4, 0.5) is 0 Å². The minimum atomic E-state index is -0.148. The van der Waals surface area contributed by atoms with Gasteiger partial charge in [-0.3, -0.25) is 4.79 Å². The maximum atomic E-state index is 12.8. The van der Waals surface area contributed by atoms with Crippen molar-refractivity contribution in [3.8, 4) is 5.69 Å². The largest absolute Gasteiger partial charge is 0.354 e. The van der Waals surface area contributed by atoms with E-state index in [1.54, 1.807) is 15.9 Å². The van der Waals surface area contributed by atoms with E-state index in [4.69, 9.17) is 0 Å². The first-order chi connectivity index (χ1) is 12.7. The average Bonchev–Trinajstić information content (AvgIpc) is 3.28. The number of amides is 1. The average molecular weight is 368 g/mol. The zero-order valence-electron chi connectivity index (χ0n) is 14.3. The van der Waals surface area contributed by atoms with Gasteiger partial charge in [0.1, 0.15) is 5.82 Å². The summed E-state index contributed by atoms with van der Waals surface area (Å²) < 4.78 is 3.16. The summed E-state index contributed by atoms with van der Waals surface area (Å²) >= 11 is 1.56. The molecule has 2 heterocycles. The Kier molecular flexibility index (Phi) is 4.71. The van der Waals surface area contributed by atoms with Gasteiger partial charge >= 0.3 is 5.69 Å². The molecule has 0 bridgehead atoms. The van der Waals surface area contributed by atoms with Crippen molar-refractivity contribution in [2.45, 2.75) is 31.7 Å². The molecule has 3 aromatic rings. The molecule has 0 unspecified atom stereocenters. The van der Waals surface area contributed by atoms with Crippen LogP contribution in [-0.4, -0.2) is 26.8 Å². The number of hydrogen-bond donors (Lipinski definition) is 1. The fourth-order valence-corrected chi connectivity index (χ4v) is 3.63. The third-order valence-corrected chi connectivity index (χ3v) is 5.26. The Labute approximate surface area is 155 Å². The summed E-state index contributed by atoms with van der Waals surface area (Å²) in [5, 5.41) is 9.36. The van der Waals surface area contributed by atoms with Crippen molar-refractivity contribution >= 4 is 17.2 Å². The van der Waals surface area contributed by atoms with Crippen molar-refractivity contribution in [1.82, 2.24) is 19.7 Å². The van der Waals surface area contributed by atoms with Crippen molar-refractivity contribution < 1.29 is 4.79 Å². The molecule has 2 aromatic heterocycles. The zero-order chi connectivity index (χ0) is 17.9. The van der Waals surface area contributed by atoms with Crippen LogP contribution in [0.15, 0.2) is 52.6 Å². The Hall–Kier alpha value is -2.67. The molecule has 1 amide bonds. The Morgan fingerprint density at radius 2 is 2.00 bits per heavy atom. The van der Waals surface area contributed by atoms with E-state index in [0.29, 0.717) is 25.4 Å². The Bertz CT molecular complexity index is 940. The van der Waals surface area contributed by atoms with Crippen molar-refractivity contribution in [2.75, 3.05) is 6.54 Å². The van der Waals surface area contributed by atoms with Gasteiger partial charge in [0.05, 0.1) is 18.7 Å². The summed E-state index contributed by atoms with van der Waals surface area (Å²) in [6, 6.07) is 13.5. The number of para-hydroxylation sites is 1. The molecule has 0 saturated heterocycles. The molecule has 4 rings (SSSR count). The third kappa shape index (κ3) is 3.62. The number of hydrogen-bond acceptors (Lipinski definition) is 4. The first-order valence-electron chi connectivity index (χ1n) is 8.76. The minimum Gasteiger partial charge on any atom is -0.354 e. The van der Waals surface area contributed by atoms with E-state index in [1.807, 2.05) is 47.8 Å². The monoisotopic (exact) mass is 368 g/mol. The van der Waals surface area contributed by atoms with Crippen molar-refractivity contribution in [3.05, 3.63) is 69.0 Å². The van der Waals surface area contributed by atoms with Gasteiger partial charge in [-0.15, -0.1) is 11.3 Å². The molecular formula is C19H20N4O2S. The Balaban J connectivity index is 1.45. The summed E-state index contributed by atoms with van der Waals surface area (Å²) in [6.45, 7) is 0.759. The van der Waals surface area contributed by atoms with Gasteiger partial charge in [0.25, 0.3) is 0 Å². The van der Waals surface area contributed by atoms with Crippen molar-refractivity contribution in [2.24, 2.45) is 0 Å². The van der Waals surface area contributed by atoms with E-state index in [2.05, 4.69) is 10.4 Å². The molecule has 7 heteroatoms. The lowest BCUT2D eigenvalue weighted by atomic mass is 10.3. The fraction of sp³-hybridized carbons (Fsp3) is 0.316. The smallest absolute Gasteiger partial charge is 0.350 e. The molecule has 0 atom stereocenters. The SMILES string of the molecule is O=C(Cc1cccs1)NCCn1nc(C2CC2)n(-c2ccccc2)c1=O. The van der Waals surface area contributed by atoms with Gasteiger partial charge in [-0.25, -0.2) is 14.0 Å². The normalized spacial score (nSPS) is 13.7. The Morgan fingerprint density at radius 3 is 2.69 bits per heavy atom. The lowest BCUT2D eigenvalue weighted by Crippen LogP contribution is -2.32. The van der Waals surface area contributed by atoms with E-state index in [0.717, 1.165) is 29.2 Å². The van der Waals surface area contributed by atoms with Crippen LogP contribution in [0.3, 0.4) is 0 Å². The molecule has 1 fully saturated rings. The van der Waals surface area contributed by atoms with Crippen molar-refractivity contribution in [1.29, 1.82) is 0 Å². The molecule has 1 aromatic carbocycles. The highest BCUT2D eigenvalue weighted by molar-refractivity contribution is 7.10. The maximum absolute atomic E-state index is 12.8. The Morgan fingerprint density at radius 1 is 1.19 bits per heavy atom.